The number of primary amides is 1. The van der Waals surface area contributed by atoms with Crippen LogP contribution < -0.4 is 5.73 Å². The van der Waals surface area contributed by atoms with Crippen LogP contribution in [0.3, 0.4) is 0 Å². The second-order valence-electron chi connectivity index (χ2n) is 6.42. The van der Waals surface area contributed by atoms with E-state index in [-0.39, 0.29) is 11.7 Å². The van der Waals surface area contributed by atoms with Gasteiger partial charge >= 0.3 is 0 Å². The van der Waals surface area contributed by atoms with Gasteiger partial charge in [-0.25, -0.2) is 0 Å². The van der Waals surface area contributed by atoms with Crippen molar-refractivity contribution in [3.63, 3.8) is 0 Å². The summed E-state index contributed by atoms with van der Waals surface area (Å²) in [5.41, 5.74) is 8.94. The van der Waals surface area contributed by atoms with Gasteiger partial charge in [0.2, 0.25) is 5.91 Å². The van der Waals surface area contributed by atoms with Crippen molar-refractivity contribution in [3.05, 3.63) is 52.8 Å². The van der Waals surface area contributed by atoms with Crippen molar-refractivity contribution in [2.45, 2.75) is 32.7 Å². The Morgan fingerprint density at radius 1 is 1.20 bits per heavy atom. The quantitative estimate of drug-likeness (QED) is 0.925. The number of hydrogen-bond donors (Lipinski definition) is 1. The van der Waals surface area contributed by atoms with E-state index in [2.05, 4.69) is 0 Å². The highest BCUT2D eigenvalue weighted by Gasteiger charge is 2.27. The molecule has 6 nitrogen and oxygen atoms in total. The number of nitrogens with zero attached hydrogens (tertiary/aromatic N) is 2. The fourth-order valence-electron chi connectivity index (χ4n) is 3.21. The lowest BCUT2D eigenvalue weighted by Gasteiger charge is -2.17. The molecular formula is C19H21N3O3. The number of Topliss-reactive ketones (excluding diaryl/α,β-unsaturated/α-hetero) is 1. The molecule has 1 heterocycles. The first-order valence-electron chi connectivity index (χ1n) is 8.26. The minimum atomic E-state index is -0.579. The van der Waals surface area contributed by atoms with Gasteiger partial charge in [0.25, 0.3) is 5.91 Å². The Kier molecular flexibility index (Phi) is 4.44. The molecule has 1 aromatic carbocycles. The Hall–Kier alpha value is -2.89. The highest BCUT2D eigenvalue weighted by atomic mass is 16.2. The van der Waals surface area contributed by atoms with Crippen molar-refractivity contribution in [2.75, 3.05) is 7.05 Å². The van der Waals surface area contributed by atoms with Gasteiger partial charge in [-0.05, 0) is 30.5 Å². The molecule has 2 N–H and O–H groups in total. The van der Waals surface area contributed by atoms with Gasteiger partial charge in [-0.2, -0.15) is 0 Å². The third kappa shape index (κ3) is 3.20. The summed E-state index contributed by atoms with van der Waals surface area (Å²) in [6, 6.07) is 7.73. The molecule has 2 aromatic rings. The van der Waals surface area contributed by atoms with Gasteiger partial charge in [0, 0.05) is 44.5 Å². The molecule has 0 spiro atoms. The molecule has 0 unspecified atom stereocenters. The number of fused-ring (bicyclic) bond motifs is 1. The van der Waals surface area contributed by atoms with E-state index >= 15 is 0 Å². The first kappa shape index (κ1) is 17.0. The minimum absolute atomic E-state index is 0.00756. The van der Waals surface area contributed by atoms with Gasteiger partial charge in [-0.3, -0.25) is 14.4 Å². The van der Waals surface area contributed by atoms with E-state index in [4.69, 9.17) is 5.73 Å². The zero-order valence-electron chi connectivity index (χ0n) is 14.4. The summed E-state index contributed by atoms with van der Waals surface area (Å²) in [7, 11) is 1.75. The van der Waals surface area contributed by atoms with E-state index in [1.54, 1.807) is 18.1 Å². The zero-order valence-corrected chi connectivity index (χ0v) is 14.4. The summed E-state index contributed by atoms with van der Waals surface area (Å²) in [6.45, 7) is 2.06. The van der Waals surface area contributed by atoms with Crippen molar-refractivity contribution < 1.29 is 14.4 Å². The molecule has 6 heteroatoms. The Morgan fingerprint density at radius 3 is 2.48 bits per heavy atom. The lowest BCUT2D eigenvalue weighted by Crippen LogP contribution is -2.22. The van der Waals surface area contributed by atoms with Crippen LogP contribution in [-0.2, 0) is 17.8 Å². The molecule has 1 aliphatic carbocycles. The van der Waals surface area contributed by atoms with E-state index in [1.165, 1.54) is 6.92 Å². The van der Waals surface area contributed by atoms with E-state index in [0.717, 1.165) is 29.8 Å². The fourth-order valence-corrected chi connectivity index (χ4v) is 3.21. The van der Waals surface area contributed by atoms with E-state index in [0.29, 0.717) is 24.1 Å². The van der Waals surface area contributed by atoms with Crippen LogP contribution in [0.15, 0.2) is 30.5 Å². The predicted molar refractivity (Wildman–Crippen MR) is 93.7 cm³/mol. The Balaban J connectivity index is 1.97. The van der Waals surface area contributed by atoms with Crippen molar-refractivity contribution in [2.24, 2.45) is 5.73 Å². The number of benzene rings is 1. The average Bonchev–Trinajstić information content (AvgIpc) is 2.97. The predicted octanol–water partition coefficient (Wildman–Crippen LogP) is 2.07. The van der Waals surface area contributed by atoms with Crippen LogP contribution in [-0.4, -0.2) is 34.1 Å². The van der Waals surface area contributed by atoms with Crippen LogP contribution in [0.25, 0.3) is 5.69 Å². The van der Waals surface area contributed by atoms with Crippen molar-refractivity contribution in [1.29, 1.82) is 0 Å². The fraction of sp³-hybridized carbons (Fsp3) is 0.316. The summed E-state index contributed by atoms with van der Waals surface area (Å²) in [4.78, 5) is 36.9. The monoisotopic (exact) mass is 339 g/mol. The van der Waals surface area contributed by atoms with Crippen LogP contribution in [0.5, 0.6) is 0 Å². The molecule has 0 saturated carbocycles. The Labute approximate surface area is 146 Å². The highest BCUT2D eigenvalue weighted by molar-refractivity contribution is 6.09. The van der Waals surface area contributed by atoms with Gasteiger partial charge in [-0.15, -0.1) is 0 Å². The number of nitrogens with two attached hydrogens (primary N) is 1. The van der Waals surface area contributed by atoms with E-state index in [1.807, 2.05) is 28.8 Å². The molecule has 0 saturated heterocycles. The minimum Gasteiger partial charge on any atom is -0.366 e. The maximum atomic E-state index is 12.2. The number of aromatic nitrogens is 1. The van der Waals surface area contributed by atoms with E-state index < -0.39 is 5.91 Å². The summed E-state index contributed by atoms with van der Waals surface area (Å²) in [5.74, 6) is -0.591. The molecule has 1 aliphatic rings. The summed E-state index contributed by atoms with van der Waals surface area (Å²) < 4.78 is 1.88. The van der Waals surface area contributed by atoms with Gasteiger partial charge < -0.3 is 15.2 Å². The van der Waals surface area contributed by atoms with Crippen LogP contribution >= 0.6 is 0 Å². The van der Waals surface area contributed by atoms with Gasteiger partial charge in [0.05, 0.1) is 11.1 Å². The maximum Gasteiger partial charge on any atom is 0.251 e. The van der Waals surface area contributed by atoms with Crippen molar-refractivity contribution >= 4 is 17.6 Å². The van der Waals surface area contributed by atoms with Crippen LogP contribution in [0, 0.1) is 0 Å². The number of rotatable bonds is 4. The molecule has 2 amide bonds. The lowest BCUT2D eigenvalue weighted by atomic mass is 9.93. The number of carbonyl (C=O) groups excluding carboxylic acids is 3. The number of carbonyl (C=O) groups is 3. The molecule has 0 fully saturated rings. The van der Waals surface area contributed by atoms with Crippen LogP contribution in [0.2, 0.25) is 0 Å². The Morgan fingerprint density at radius 2 is 1.88 bits per heavy atom. The number of hydrogen-bond acceptors (Lipinski definition) is 3. The Bertz CT molecular complexity index is 850. The average molecular weight is 339 g/mol. The third-order valence-corrected chi connectivity index (χ3v) is 4.64. The van der Waals surface area contributed by atoms with Crippen LogP contribution in [0.1, 0.15) is 51.7 Å². The molecule has 3 rings (SSSR count). The second kappa shape index (κ2) is 6.55. The second-order valence-corrected chi connectivity index (χ2v) is 6.42. The topological polar surface area (TPSA) is 85.4 Å². The smallest absolute Gasteiger partial charge is 0.251 e. The van der Waals surface area contributed by atoms with Gasteiger partial charge in [0.15, 0.2) is 5.78 Å². The number of ketones is 1. The zero-order chi connectivity index (χ0) is 18.1. The highest BCUT2D eigenvalue weighted by Crippen LogP contribution is 2.29. The molecule has 130 valence electrons. The van der Waals surface area contributed by atoms with Crippen molar-refractivity contribution in [1.82, 2.24) is 9.47 Å². The van der Waals surface area contributed by atoms with E-state index in [9.17, 15) is 14.4 Å². The molecule has 0 radical (unpaired) electrons. The molecule has 0 atom stereocenters. The standard InChI is InChI=1S/C19H21N3O3/c1-12(23)21(2)10-13-6-8-14(9-7-13)22-11-15(19(20)25)18-16(22)4-3-5-17(18)24/h6-9,11H,3-5,10H2,1-2H3,(H2,20,25). The largest absolute Gasteiger partial charge is 0.366 e. The first-order valence-corrected chi connectivity index (χ1v) is 8.26. The number of amides is 2. The van der Waals surface area contributed by atoms with Gasteiger partial charge in [0.1, 0.15) is 0 Å². The molecular weight excluding hydrogens is 318 g/mol. The third-order valence-electron chi connectivity index (χ3n) is 4.64. The van der Waals surface area contributed by atoms with Crippen molar-refractivity contribution in [3.8, 4) is 5.69 Å². The summed E-state index contributed by atoms with van der Waals surface area (Å²) >= 11 is 0. The molecule has 25 heavy (non-hydrogen) atoms. The summed E-state index contributed by atoms with van der Waals surface area (Å²) in [6.07, 6.45) is 3.62. The molecule has 0 bridgehead atoms. The molecule has 1 aromatic heterocycles. The van der Waals surface area contributed by atoms with Crippen LogP contribution in [0.4, 0.5) is 0 Å². The molecule has 0 aliphatic heterocycles. The SMILES string of the molecule is CC(=O)N(C)Cc1ccc(-n2cc(C(N)=O)c3c2CCCC3=O)cc1. The maximum absolute atomic E-state index is 12.2. The lowest BCUT2D eigenvalue weighted by molar-refractivity contribution is -0.128. The normalized spacial score (nSPS) is 13.4. The first-order chi connectivity index (χ1) is 11.9. The van der Waals surface area contributed by atoms with Gasteiger partial charge in [-0.1, -0.05) is 12.1 Å². The summed E-state index contributed by atoms with van der Waals surface area (Å²) in [5, 5.41) is 0.